The van der Waals surface area contributed by atoms with Gasteiger partial charge in [0.2, 0.25) is 5.88 Å². The Morgan fingerprint density at radius 3 is 2.65 bits per heavy atom. The Morgan fingerprint density at radius 1 is 1.13 bits per heavy atom. The van der Waals surface area contributed by atoms with Gasteiger partial charge in [0.15, 0.2) is 5.96 Å². The Morgan fingerprint density at radius 2 is 1.96 bits per heavy atom. The van der Waals surface area contributed by atoms with Crippen molar-refractivity contribution in [3.63, 3.8) is 0 Å². The quantitative estimate of drug-likeness (QED) is 0.421. The van der Waals surface area contributed by atoms with Crippen LogP contribution < -0.4 is 15.4 Å². The van der Waals surface area contributed by atoms with Crippen molar-refractivity contribution in [3.8, 4) is 5.88 Å². The predicted molar refractivity (Wildman–Crippen MR) is 102 cm³/mol. The molecule has 0 saturated heterocycles. The molecule has 0 aromatic carbocycles. The van der Waals surface area contributed by atoms with Gasteiger partial charge < -0.3 is 15.4 Å². The van der Waals surface area contributed by atoms with Crippen molar-refractivity contribution in [2.75, 3.05) is 13.7 Å². The fourth-order valence-corrected chi connectivity index (χ4v) is 1.91. The van der Waals surface area contributed by atoms with Crippen LogP contribution in [0.5, 0.6) is 5.88 Å². The third kappa shape index (κ3) is 6.39. The van der Waals surface area contributed by atoms with Crippen molar-refractivity contribution >= 4 is 29.9 Å². The molecule has 2 N–H and O–H groups in total. The second-order valence-electron chi connectivity index (χ2n) is 4.54. The molecule has 0 radical (unpaired) electrons. The molecule has 0 saturated carbocycles. The van der Waals surface area contributed by atoms with Gasteiger partial charge in [0.05, 0.1) is 25.9 Å². The minimum absolute atomic E-state index is 0. The van der Waals surface area contributed by atoms with Crippen molar-refractivity contribution in [1.29, 1.82) is 0 Å². The van der Waals surface area contributed by atoms with Gasteiger partial charge >= 0.3 is 0 Å². The molecule has 124 valence electrons. The minimum atomic E-state index is 0. The van der Waals surface area contributed by atoms with Gasteiger partial charge in [0.1, 0.15) is 0 Å². The second-order valence-corrected chi connectivity index (χ2v) is 4.54. The molecule has 2 rings (SSSR count). The number of rotatable bonds is 6. The van der Waals surface area contributed by atoms with Gasteiger partial charge in [-0.15, -0.1) is 24.0 Å². The fourth-order valence-electron chi connectivity index (χ4n) is 1.91. The number of halogens is 1. The van der Waals surface area contributed by atoms with Gasteiger partial charge in [0.25, 0.3) is 0 Å². The third-order valence-corrected chi connectivity index (χ3v) is 2.96. The Hall–Kier alpha value is -1.90. The number of pyridine rings is 2. The maximum Gasteiger partial charge on any atom is 0.218 e. The third-order valence-electron chi connectivity index (χ3n) is 2.96. The molecule has 0 bridgehead atoms. The van der Waals surface area contributed by atoms with E-state index in [9.17, 15) is 0 Å². The van der Waals surface area contributed by atoms with E-state index in [2.05, 4.69) is 25.6 Å². The maximum absolute atomic E-state index is 5.24. The summed E-state index contributed by atoms with van der Waals surface area (Å²) in [4.78, 5) is 13.0. The van der Waals surface area contributed by atoms with Crippen molar-refractivity contribution in [1.82, 2.24) is 20.6 Å². The molecule has 0 atom stereocenters. The number of hydrogen-bond donors (Lipinski definition) is 2. The molecule has 0 spiro atoms. The van der Waals surface area contributed by atoms with Gasteiger partial charge in [-0.25, -0.2) is 9.98 Å². The fraction of sp³-hybridized carbons (Fsp3) is 0.312. The average molecular weight is 427 g/mol. The zero-order valence-corrected chi connectivity index (χ0v) is 15.7. The normalized spacial score (nSPS) is 10.6. The molecule has 2 aromatic heterocycles. The van der Waals surface area contributed by atoms with Crippen LogP contribution in [-0.2, 0) is 13.1 Å². The lowest BCUT2D eigenvalue weighted by atomic mass is 10.3. The molecular weight excluding hydrogens is 405 g/mol. The van der Waals surface area contributed by atoms with Crippen LogP contribution >= 0.6 is 24.0 Å². The number of nitrogens with zero attached hydrogens (tertiary/aromatic N) is 3. The predicted octanol–water partition coefficient (Wildman–Crippen LogP) is 2.36. The van der Waals surface area contributed by atoms with Crippen LogP contribution in [0.4, 0.5) is 0 Å². The summed E-state index contributed by atoms with van der Waals surface area (Å²) in [5.41, 5.74) is 1.91. The van der Waals surface area contributed by atoms with E-state index >= 15 is 0 Å². The molecule has 0 unspecified atom stereocenters. The van der Waals surface area contributed by atoms with E-state index < -0.39 is 0 Å². The van der Waals surface area contributed by atoms with Crippen molar-refractivity contribution < 1.29 is 4.74 Å². The van der Waals surface area contributed by atoms with E-state index in [4.69, 9.17) is 4.74 Å². The van der Waals surface area contributed by atoms with Crippen LogP contribution in [0.3, 0.4) is 0 Å². The van der Waals surface area contributed by atoms with E-state index in [0.717, 1.165) is 23.8 Å². The van der Waals surface area contributed by atoms with E-state index in [1.165, 1.54) is 0 Å². The molecule has 2 heterocycles. The van der Waals surface area contributed by atoms with Crippen LogP contribution in [-0.4, -0.2) is 29.6 Å². The van der Waals surface area contributed by atoms with E-state index in [0.29, 0.717) is 19.0 Å². The summed E-state index contributed by atoms with van der Waals surface area (Å²) in [6.45, 7) is 3.94. The molecule has 0 fully saturated rings. The maximum atomic E-state index is 5.24. The Balaban J connectivity index is 0.00000264. The van der Waals surface area contributed by atoms with Crippen molar-refractivity contribution in [2.45, 2.75) is 20.0 Å². The van der Waals surface area contributed by atoms with Gasteiger partial charge in [0, 0.05) is 24.5 Å². The summed E-state index contributed by atoms with van der Waals surface area (Å²) in [5, 5.41) is 6.47. The smallest absolute Gasteiger partial charge is 0.218 e. The number of guanidine groups is 1. The van der Waals surface area contributed by atoms with Crippen LogP contribution in [0.25, 0.3) is 0 Å². The van der Waals surface area contributed by atoms with Crippen molar-refractivity contribution in [3.05, 3.63) is 54.0 Å². The van der Waals surface area contributed by atoms with Crippen LogP contribution in [0.2, 0.25) is 0 Å². The molecule has 0 amide bonds. The molecule has 0 aliphatic rings. The van der Waals surface area contributed by atoms with Crippen LogP contribution in [0, 0.1) is 0 Å². The standard InChI is InChI=1S/C16H21N5O.HI/c1-3-17-16(21-12-14-8-4-5-9-18-14)20-11-13-7-6-10-19-15(13)22-2;/h4-10H,3,11-12H2,1-2H3,(H2,17,20,21);1H. The first-order chi connectivity index (χ1) is 10.8. The topological polar surface area (TPSA) is 71.4 Å². The Kier molecular flexibility index (Phi) is 8.96. The Labute approximate surface area is 153 Å². The monoisotopic (exact) mass is 427 g/mol. The number of nitrogens with one attached hydrogen (secondary N) is 2. The number of aliphatic imine (C=N–C) groups is 1. The highest BCUT2D eigenvalue weighted by Gasteiger charge is 2.03. The highest BCUT2D eigenvalue weighted by molar-refractivity contribution is 14.0. The lowest BCUT2D eigenvalue weighted by Crippen LogP contribution is -2.37. The second kappa shape index (κ2) is 10.8. The summed E-state index contributed by atoms with van der Waals surface area (Å²) >= 11 is 0. The average Bonchev–Trinajstić information content (AvgIpc) is 2.58. The Bertz CT molecular complexity index is 606. The van der Waals surface area contributed by atoms with E-state index in [-0.39, 0.29) is 24.0 Å². The molecule has 0 aliphatic carbocycles. The lowest BCUT2D eigenvalue weighted by Gasteiger charge is -2.11. The first-order valence-corrected chi connectivity index (χ1v) is 7.23. The number of ether oxygens (including phenoxy) is 1. The van der Waals surface area contributed by atoms with E-state index in [1.807, 2.05) is 37.3 Å². The summed E-state index contributed by atoms with van der Waals surface area (Å²) in [6, 6.07) is 9.67. The number of hydrogen-bond acceptors (Lipinski definition) is 4. The van der Waals surface area contributed by atoms with Crippen molar-refractivity contribution in [2.24, 2.45) is 4.99 Å². The largest absolute Gasteiger partial charge is 0.481 e. The highest BCUT2D eigenvalue weighted by Crippen LogP contribution is 2.14. The number of aromatic nitrogens is 2. The summed E-state index contributed by atoms with van der Waals surface area (Å²) in [5.74, 6) is 1.34. The van der Waals surface area contributed by atoms with Gasteiger partial charge in [-0.2, -0.15) is 0 Å². The lowest BCUT2D eigenvalue weighted by molar-refractivity contribution is 0.392. The zero-order valence-electron chi connectivity index (χ0n) is 13.3. The summed E-state index contributed by atoms with van der Waals surface area (Å²) < 4.78 is 5.24. The molecule has 6 nitrogen and oxygen atoms in total. The van der Waals surface area contributed by atoms with Crippen LogP contribution in [0.15, 0.2) is 47.7 Å². The number of methoxy groups -OCH3 is 1. The molecular formula is C16H22IN5O. The van der Waals surface area contributed by atoms with E-state index in [1.54, 1.807) is 19.5 Å². The molecule has 23 heavy (non-hydrogen) atoms. The minimum Gasteiger partial charge on any atom is -0.481 e. The highest BCUT2D eigenvalue weighted by atomic mass is 127. The summed E-state index contributed by atoms with van der Waals surface area (Å²) in [6.07, 6.45) is 3.48. The first kappa shape index (κ1) is 19.1. The molecule has 7 heteroatoms. The van der Waals surface area contributed by atoms with Crippen LogP contribution in [0.1, 0.15) is 18.2 Å². The van der Waals surface area contributed by atoms with Gasteiger partial charge in [-0.05, 0) is 25.1 Å². The summed E-state index contributed by atoms with van der Waals surface area (Å²) in [7, 11) is 1.61. The van der Waals surface area contributed by atoms with Gasteiger partial charge in [-0.1, -0.05) is 12.1 Å². The molecule has 2 aromatic rings. The SMILES string of the molecule is CCNC(=NCc1cccnc1OC)NCc1ccccn1.I. The molecule has 0 aliphatic heterocycles. The zero-order chi connectivity index (χ0) is 15.6. The first-order valence-electron chi connectivity index (χ1n) is 7.23. The van der Waals surface area contributed by atoms with Gasteiger partial charge in [-0.3, -0.25) is 4.98 Å².